The van der Waals surface area contributed by atoms with Crippen LogP contribution in [0.3, 0.4) is 0 Å². The van der Waals surface area contributed by atoms with E-state index in [1.165, 1.54) is 11.3 Å². The molecule has 0 aliphatic carbocycles. The number of carbonyl (C=O) groups is 2. The molecule has 1 saturated heterocycles. The van der Waals surface area contributed by atoms with Gasteiger partial charge >= 0.3 is 0 Å². The molecular formula is C20H23N5O3S. The highest BCUT2D eigenvalue weighted by Gasteiger charge is 2.36. The van der Waals surface area contributed by atoms with Gasteiger partial charge in [0.25, 0.3) is 0 Å². The van der Waals surface area contributed by atoms with E-state index in [-0.39, 0.29) is 24.2 Å². The van der Waals surface area contributed by atoms with E-state index in [2.05, 4.69) is 15.3 Å². The molecule has 1 aromatic carbocycles. The molecule has 9 heteroatoms. The van der Waals surface area contributed by atoms with Crippen LogP contribution in [0.1, 0.15) is 19.2 Å². The Morgan fingerprint density at radius 2 is 2.28 bits per heavy atom. The third-order valence-corrected chi connectivity index (χ3v) is 6.00. The van der Waals surface area contributed by atoms with Gasteiger partial charge in [-0.25, -0.2) is 9.97 Å². The van der Waals surface area contributed by atoms with Gasteiger partial charge in [0.05, 0.1) is 22.7 Å². The van der Waals surface area contributed by atoms with E-state index in [0.29, 0.717) is 31.2 Å². The number of rotatable bonds is 7. The summed E-state index contributed by atoms with van der Waals surface area (Å²) < 4.78 is 8.42. The Morgan fingerprint density at radius 3 is 3.03 bits per heavy atom. The van der Waals surface area contributed by atoms with Crippen LogP contribution in [0, 0.1) is 5.92 Å². The van der Waals surface area contributed by atoms with Crippen molar-refractivity contribution in [2.45, 2.75) is 19.8 Å². The predicted molar refractivity (Wildman–Crippen MR) is 111 cm³/mol. The molecule has 2 amide bonds. The number of aryl methyl sites for hydroxylation is 1. The minimum absolute atomic E-state index is 0.0710. The molecule has 0 spiro atoms. The van der Waals surface area contributed by atoms with Gasteiger partial charge in [0, 0.05) is 45.4 Å². The number of thiazole rings is 1. The van der Waals surface area contributed by atoms with Crippen LogP contribution < -0.4 is 15.0 Å². The van der Waals surface area contributed by atoms with E-state index in [9.17, 15) is 9.59 Å². The predicted octanol–water partition coefficient (Wildman–Crippen LogP) is 2.14. The summed E-state index contributed by atoms with van der Waals surface area (Å²) in [5, 5.41) is 3.55. The van der Waals surface area contributed by atoms with Crippen molar-refractivity contribution in [1.82, 2.24) is 19.9 Å². The molecular weight excluding hydrogens is 390 g/mol. The Bertz CT molecular complexity index is 1040. The minimum Gasteiger partial charge on any atom is -0.494 e. The van der Waals surface area contributed by atoms with Crippen molar-refractivity contribution in [3.63, 3.8) is 0 Å². The molecule has 0 bridgehead atoms. The molecule has 1 unspecified atom stereocenters. The second-order valence-electron chi connectivity index (χ2n) is 6.96. The number of benzene rings is 1. The number of fused-ring (bicyclic) bond motifs is 1. The molecule has 2 aromatic heterocycles. The number of anilines is 1. The van der Waals surface area contributed by atoms with Crippen molar-refractivity contribution in [1.29, 1.82) is 0 Å². The first-order chi connectivity index (χ1) is 14.0. The lowest BCUT2D eigenvalue weighted by molar-refractivity contribution is -0.126. The number of hydrogen-bond acceptors (Lipinski definition) is 6. The SMILES string of the molecule is CCOc1ccc2nc(N3CC(C(=O)NCCc4nccn4C)CC3=O)sc2c1. The lowest BCUT2D eigenvalue weighted by atomic mass is 10.1. The van der Waals surface area contributed by atoms with Crippen LogP contribution in [-0.4, -0.2) is 46.0 Å². The second-order valence-corrected chi connectivity index (χ2v) is 7.97. The molecule has 3 aromatic rings. The van der Waals surface area contributed by atoms with Crippen LogP contribution in [-0.2, 0) is 23.1 Å². The van der Waals surface area contributed by atoms with Gasteiger partial charge in [-0.15, -0.1) is 0 Å². The minimum atomic E-state index is -0.366. The number of carbonyl (C=O) groups excluding carboxylic acids is 2. The fourth-order valence-electron chi connectivity index (χ4n) is 3.41. The van der Waals surface area contributed by atoms with E-state index in [0.717, 1.165) is 21.8 Å². The summed E-state index contributed by atoms with van der Waals surface area (Å²) in [6.45, 7) is 3.38. The summed E-state index contributed by atoms with van der Waals surface area (Å²) in [5.41, 5.74) is 0.823. The normalized spacial score (nSPS) is 16.6. The maximum atomic E-state index is 12.5. The van der Waals surface area contributed by atoms with E-state index in [4.69, 9.17) is 4.74 Å². The quantitative estimate of drug-likeness (QED) is 0.641. The smallest absolute Gasteiger partial charge is 0.229 e. The number of amides is 2. The molecule has 152 valence electrons. The van der Waals surface area contributed by atoms with E-state index in [1.807, 2.05) is 42.9 Å². The van der Waals surface area contributed by atoms with Crippen LogP contribution in [0.5, 0.6) is 5.75 Å². The summed E-state index contributed by atoms with van der Waals surface area (Å²) in [7, 11) is 1.92. The Balaban J connectivity index is 1.39. The Hall–Kier alpha value is -2.94. The van der Waals surface area contributed by atoms with Crippen LogP contribution in [0.15, 0.2) is 30.6 Å². The summed E-state index contributed by atoms with van der Waals surface area (Å²) in [6.07, 6.45) is 4.47. The number of hydrogen-bond donors (Lipinski definition) is 1. The first-order valence-electron chi connectivity index (χ1n) is 9.63. The summed E-state index contributed by atoms with van der Waals surface area (Å²) in [6, 6.07) is 5.70. The molecule has 0 saturated carbocycles. The molecule has 1 aliphatic heterocycles. The zero-order valence-corrected chi connectivity index (χ0v) is 17.2. The van der Waals surface area contributed by atoms with Crippen molar-refractivity contribution in [3.05, 3.63) is 36.4 Å². The van der Waals surface area contributed by atoms with E-state index < -0.39 is 0 Å². The lowest BCUT2D eigenvalue weighted by Gasteiger charge is -2.13. The number of nitrogens with one attached hydrogen (secondary N) is 1. The molecule has 3 heterocycles. The van der Waals surface area contributed by atoms with Gasteiger partial charge in [0.15, 0.2) is 5.13 Å². The van der Waals surface area contributed by atoms with Crippen LogP contribution >= 0.6 is 11.3 Å². The molecule has 1 N–H and O–H groups in total. The van der Waals surface area contributed by atoms with Crippen molar-refractivity contribution in [2.24, 2.45) is 13.0 Å². The number of imidazole rings is 1. The standard InChI is InChI=1S/C20H23N5O3S/c1-3-28-14-4-5-15-16(11-14)29-20(23-15)25-12-13(10-18(25)26)19(27)22-7-6-17-21-8-9-24(17)2/h4-5,8-9,11,13H,3,6-7,10,12H2,1-2H3,(H,22,27). The van der Waals surface area contributed by atoms with Crippen molar-refractivity contribution >= 4 is 38.5 Å². The third kappa shape index (κ3) is 4.09. The topological polar surface area (TPSA) is 89.3 Å². The van der Waals surface area contributed by atoms with Crippen LogP contribution in [0.4, 0.5) is 5.13 Å². The first-order valence-corrected chi connectivity index (χ1v) is 10.4. The molecule has 8 nitrogen and oxygen atoms in total. The Kier molecular flexibility index (Phi) is 5.48. The van der Waals surface area contributed by atoms with E-state index in [1.54, 1.807) is 11.1 Å². The monoisotopic (exact) mass is 413 g/mol. The average molecular weight is 414 g/mol. The maximum Gasteiger partial charge on any atom is 0.229 e. The van der Waals surface area contributed by atoms with E-state index >= 15 is 0 Å². The van der Waals surface area contributed by atoms with Crippen LogP contribution in [0.25, 0.3) is 10.2 Å². The summed E-state index contributed by atoms with van der Waals surface area (Å²) in [4.78, 5) is 35.5. The summed E-state index contributed by atoms with van der Waals surface area (Å²) in [5.74, 6) is 1.16. The van der Waals surface area contributed by atoms with Crippen molar-refractivity contribution < 1.29 is 14.3 Å². The first kappa shape index (κ1) is 19.4. The third-order valence-electron chi connectivity index (χ3n) is 4.96. The molecule has 1 atom stereocenters. The lowest BCUT2D eigenvalue weighted by Crippen LogP contribution is -2.34. The van der Waals surface area contributed by atoms with Gasteiger partial charge in [0.2, 0.25) is 11.8 Å². The van der Waals surface area contributed by atoms with Gasteiger partial charge in [-0.3, -0.25) is 14.5 Å². The molecule has 1 aliphatic rings. The molecule has 29 heavy (non-hydrogen) atoms. The maximum absolute atomic E-state index is 12.5. The molecule has 0 radical (unpaired) electrons. The van der Waals surface area contributed by atoms with Gasteiger partial charge < -0.3 is 14.6 Å². The van der Waals surface area contributed by atoms with Gasteiger partial charge in [-0.2, -0.15) is 0 Å². The second kappa shape index (κ2) is 8.20. The largest absolute Gasteiger partial charge is 0.494 e. The van der Waals surface area contributed by atoms with Crippen molar-refractivity contribution in [2.75, 3.05) is 24.6 Å². The highest BCUT2D eigenvalue weighted by Crippen LogP contribution is 2.34. The van der Waals surface area contributed by atoms with Gasteiger partial charge in [0.1, 0.15) is 11.6 Å². The fourth-order valence-corrected chi connectivity index (χ4v) is 4.43. The van der Waals surface area contributed by atoms with Crippen molar-refractivity contribution in [3.8, 4) is 5.75 Å². The summed E-state index contributed by atoms with van der Waals surface area (Å²) >= 11 is 1.44. The fraction of sp³-hybridized carbons (Fsp3) is 0.400. The molecule has 1 fully saturated rings. The number of ether oxygens (including phenoxy) is 1. The Labute approximate surface area is 172 Å². The zero-order valence-electron chi connectivity index (χ0n) is 16.4. The van der Waals surface area contributed by atoms with Crippen LogP contribution in [0.2, 0.25) is 0 Å². The average Bonchev–Trinajstić information content (AvgIpc) is 3.40. The zero-order chi connectivity index (χ0) is 20.4. The van der Waals surface area contributed by atoms with Gasteiger partial charge in [-0.1, -0.05) is 11.3 Å². The Morgan fingerprint density at radius 1 is 1.41 bits per heavy atom. The highest BCUT2D eigenvalue weighted by molar-refractivity contribution is 7.22. The highest BCUT2D eigenvalue weighted by atomic mass is 32.1. The number of nitrogens with zero attached hydrogens (tertiary/aromatic N) is 4. The molecule has 4 rings (SSSR count). The number of aromatic nitrogens is 3. The van der Waals surface area contributed by atoms with Gasteiger partial charge in [-0.05, 0) is 25.1 Å².